The number of rotatable bonds is 2. The molecule has 0 saturated carbocycles. The zero-order chi connectivity index (χ0) is 13.3. The van der Waals surface area contributed by atoms with Crippen molar-refractivity contribution in [1.29, 1.82) is 0 Å². The van der Waals surface area contributed by atoms with Crippen molar-refractivity contribution in [3.05, 3.63) is 30.1 Å². The maximum Gasteiger partial charge on any atom is 0.0340 e. The Hall–Kier alpha value is -0.930. The van der Waals surface area contributed by atoms with Gasteiger partial charge in [-0.25, -0.2) is 0 Å². The third kappa shape index (κ3) is 2.41. The third-order valence-electron chi connectivity index (χ3n) is 5.17. The minimum absolute atomic E-state index is 0.348. The molecule has 0 unspecified atom stereocenters. The Morgan fingerprint density at radius 2 is 2.26 bits per heavy atom. The van der Waals surface area contributed by atoms with Gasteiger partial charge in [0.15, 0.2) is 0 Å². The Balaban J connectivity index is 1.80. The minimum atomic E-state index is 0.348. The van der Waals surface area contributed by atoms with Crippen LogP contribution in [0.25, 0.3) is 0 Å². The average Bonchev–Trinajstić information content (AvgIpc) is 2.42. The largest absolute Gasteiger partial charge is 0.302 e. The highest BCUT2D eigenvalue weighted by Crippen LogP contribution is 2.39. The molecule has 0 aliphatic carbocycles. The fraction of sp³-hybridized carbons (Fsp3) is 0.688. The molecule has 0 aromatic carbocycles. The zero-order valence-corrected chi connectivity index (χ0v) is 12.2. The molecule has 2 aliphatic heterocycles. The predicted octanol–water partition coefficient (Wildman–Crippen LogP) is 2.53. The van der Waals surface area contributed by atoms with E-state index in [-0.39, 0.29) is 0 Å². The van der Waals surface area contributed by atoms with E-state index < -0.39 is 0 Å². The van der Waals surface area contributed by atoms with Gasteiger partial charge in [0.1, 0.15) is 0 Å². The standard InChI is InChI=1S/C16H25N3/c1-16-8-5-10-18(2)15(16)7-4-11-19(16)13-14-6-3-9-17-12-14/h3,6,9,12,15H,4-5,7-8,10-11,13H2,1-2H3/t15-,16+/m1/s1. The molecule has 0 radical (unpaired) electrons. The maximum absolute atomic E-state index is 4.25. The van der Waals surface area contributed by atoms with Gasteiger partial charge in [-0.1, -0.05) is 6.07 Å². The smallest absolute Gasteiger partial charge is 0.0340 e. The lowest BCUT2D eigenvalue weighted by molar-refractivity contribution is -0.0535. The van der Waals surface area contributed by atoms with Crippen LogP contribution in [-0.4, -0.2) is 46.5 Å². The number of likely N-dealkylation sites (N-methyl/N-ethyl adjacent to an activating group) is 1. The van der Waals surface area contributed by atoms with E-state index in [1.54, 1.807) is 0 Å². The second-order valence-electron chi connectivity index (χ2n) is 6.38. The Morgan fingerprint density at radius 1 is 1.37 bits per heavy atom. The summed E-state index contributed by atoms with van der Waals surface area (Å²) in [6.07, 6.45) is 9.22. The van der Waals surface area contributed by atoms with Crippen molar-refractivity contribution in [2.24, 2.45) is 0 Å². The fourth-order valence-corrected chi connectivity index (χ4v) is 4.09. The molecule has 2 fully saturated rings. The summed E-state index contributed by atoms with van der Waals surface area (Å²) in [5, 5.41) is 0. The summed E-state index contributed by atoms with van der Waals surface area (Å²) in [4.78, 5) is 9.54. The quantitative estimate of drug-likeness (QED) is 0.813. The number of pyridine rings is 1. The van der Waals surface area contributed by atoms with Crippen LogP contribution >= 0.6 is 0 Å². The van der Waals surface area contributed by atoms with E-state index >= 15 is 0 Å². The topological polar surface area (TPSA) is 19.4 Å². The van der Waals surface area contributed by atoms with Crippen LogP contribution in [-0.2, 0) is 6.54 Å². The molecule has 3 heteroatoms. The van der Waals surface area contributed by atoms with Gasteiger partial charge in [0.05, 0.1) is 0 Å². The molecule has 2 saturated heterocycles. The highest BCUT2D eigenvalue weighted by Gasteiger charge is 2.45. The lowest BCUT2D eigenvalue weighted by Crippen LogP contribution is -2.64. The monoisotopic (exact) mass is 259 g/mol. The number of hydrogen-bond donors (Lipinski definition) is 0. The van der Waals surface area contributed by atoms with Gasteiger partial charge in [0, 0.05) is 30.5 Å². The van der Waals surface area contributed by atoms with Crippen molar-refractivity contribution < 1.29 is 0 Å². The number of aromatic nitrogens is 1. The highest BCUT2D eigenvalue weighted by molar-refractivity contribution is 5.11. The van der Waals surface area contributed by atoms with Crippen LogP contribution < -0.4 is 0 Å². The highest BCUT2D eigenvalue weighted by atomic mass is 15.3. The van der Waals surface area contributed by atoms with Gasteiger partial charge in [-0.2, -0.15) is 0 Å². The summed E-state index contributed by atoms with van der Waals surface area (Å²) < 4.78 is 0. The first-order chi connectivity index (χ1) is 9.20. The van der Waals surface area contributed by atoms with Crippen molar-refractivity contribution in [2.75, 3.05) is 20.1 Å². The molecule has 3 nitrogen and oxygen atoms in total. The SMILES string of the molecule is CN1CCC[C@@]2(C)[C@H]1CCCN2Cc1cccnc1. The summed E-state index contributed by atoms with van der Waals surface area (Å²) in [5.41, 5.74) is 1.69. The molecule has 0 N–H and O–H groups in total. The van der Waals surface area contributed by atoms with Crippen molar-refractivity contribution >= 4 is 0 Å². The molecule has 1 aromatic heterocycles. The molecule has 19 heavy (non-hydrogen) atoms. The average molecular weight is 259 g/mol. The molecular weight excluding hydrogens is 234 g/mol. The van der Waals surface area contributed by atoms with Crippen molar-refractivity contribution in [3.63, 3.8) is 0 Å². The molecule has 3 rings (SSSR count). The van der Waals surface area contributed by atoms with Gasteiger partial charge in [-0.15, -0.1) is 0 Å². The van der Waals surface area contributed by atoms with E-state index in [4.69, 9.17) is 0 Å². The van der Waals surface area contributed by atoms with Crippen molar-refractivity contribution in [3.8, 4) is 0 Å². The van der Waals surface area contributed by atoms with Crippen LogP contribution in [0.15, 0.2) is 24.5 Å². The second-order valence-corrected chi connectivity index (χ2v) is 6.38. The molecule has 1 aromatic rings. The van der Waals surface area contributed by atoms with E-state index in [2.05, 4.69) is 34.8 Å². The molecule has 0 amide bonds. The molecule has 0 bridgehead atoms. The van der Waals surface area contributed by atoms with Gasteiger partial charge >= 0.3 is 0 Å². The Labute approximate surface area is 116 Å². The minimum Gasteiger partial charge on any atom is -0.302 e. The second kappa shape index (κ2) is 5.22. The molecule has 104 valence electrons. The summed E-state index contributed by atoms with van der Waals surface area (Å²) in [6, 6.07) is 4.98. The number of nitrogens with zero attached hydrogens (tertiary/aromatic N) is 3. The number of likely N-dealkylation sites (tertiary alicyclic amines) is 2. The molecule has 0 spiro atoms. The van der Waals surface area contributed by atoms with Gasteiger partial charge < -0.3 is 4.90 Å². The van der Waals surface area contributed by atoms with Crippen LogP contribution in [0.3, 0.4) is 0 Å². The van der Waals surface area contributed by atoms with Crippen LogP contribution in [0.5, 0.6) is 0 Å². The first-order valence-electron chi connectivity index (χ1n) is 7.54. The predicted molar refractivity (Wildman–Crippen MR) is 77.9 cm³/mol. The van der Waals surface area contributed by atoms with E-state index in [9.17, 15) is 0 Å². The van der Waals surface area contributed by atoms with Crippen LogP contribution in [0.1, 0.15) is 38.2 Å². The Kier molecular flexibility index (Phi) is 3.59. The van der Waals surface area contributed by atoms with Crippen molar-refractivity contribution in [2.45, 2.75) is 50.7 Å². The number of piperidine rings is 2. The molecular formula is C16H25N3. The molecule has 2 atom stereocenters. The summed E-state index contributed by atoms with van der Waals surface area (Å²) in [7, 11) is 2.30. The lowest BCUT2D eigenvalue weighted by Gasteiger charge is -2.56. The summed E-state index contributed by atoms with van der Waals surface area (Å²) in [6.45, 7) is 6.02. The summed E-state index contributed by atoms with van der Waals surface area (Å²) >= 11 is 0. The van der Waals surface area contributed by atoms with Crippen LogP contribution in [0.4, 0.5) is 0 Å². The zero-order valence-electron chi connectivity index (χ0n) is 12.2. The van der Waals surface area contributed by atoms with E-state index in [1.807, 2.05) is 18.5 Å². The van der Waals surface area contributed by atoms with Crippen LogP contribution in [0.2, 0.25) is 0 Å². The van der Waals surface area contributed by atoms with Crippen LogP contribution in [0, 0.1) is 0 Å². The Morgan fingerprint density at radius 3 is 3.05 bits per heavy atom. The van der Waals surface area contributed by atoms with Gasteiger partial charge in [0.2, 0.25) is 0 Å². The normalized spacial score (nSPS) is 33.1. The fourth-order valence-electron chi connectivity index (χ4n) is 4.09. The van der Waals surface area contributed by atoms with Crippen molar-refractivity contribution in [1.82, 2.24) is 14.8 Å². The number of fused-ring (bicyclic) bond motifs is 1. The van der Waals surface area contributed by atoms with Gasteiger partial charge in [-0.05, 0) is 64.4 Å². The first kappa shape index (κ1) is 13.1. The van der Waals surface area contributed by atoms with Gasteiger partial charge in [0.25, 0.3) is 0 Å². The maximum atomic E-state index is 4.25. The Bertz CT molecular complexity index is 419. The number of hydrogen-bond acceptors (Lipinski definition) is 3. The van der Waals surface area contributed by atoms with E-state index in [1.165, 1.54) is 44.3 Å². The molecule has 3 heterocycles. The van der Waals surface area contributed by atoms with Gasteiger partial charge in [-0.3, -0.25) is 9.88 Å². The third-order valence-corrected chi connectivity index (χ3v) is 5.17. The van der Waals surface area contributed by atoms with E-state index in [0.29, 0.717) is 5.54 Å². The first-order valence-corrected chi connectivity index (χ1v) is 7.54. The molecule has 2 aliphatic rings. The lowest BCUT2D eigenvalue weighted by atomic mass is 9.76. The summed E-state index contributed by atoms with van der Waals surface area (Å²) in [5.74, 6) is 0. The van der Waals surface area contributed by atoms with E-state index in [0.717, 1.165) is 12.6 Å².